The molecule has 1 aliphatic heterocycles. The zero-order valence-corrected chi connectivity index (χ0v) is 17.6. The van der Waals surface area contributed by atoms with Crippen molar-refractivity contribution < 1.29 is 9.26 Å². The lowest BCUT2D eigenvalue weighted by atomic mass is 10.2. The van der Waals surface area contributed by atoms with Crippen LogP contribution in [0.15, 0.2) is 38.3 Å². The number of nitrogens with zero attached hydrogens (tertiary/aromatic N) is 4. The molecular formula is C20H20N4O3S2. The third-order valence-electron chi connectivity index (χ3n) is 5.03. The Labute approximate surface area is 175 Å². The first-order valence-corrected chi connectivity index (χ1v) is 11.2. The molecule has 0 aliphatic carbocycles. The summed E-state index contributed by atoms with van der Waals surface area (Å²) in [5.74, 6) is 1.48. The highest BCUT2D eigenvalue weighted by molar-refractivity contribution is 7.18. The number of aryl methyl sites for hydroxylation is 1. The van der Waals surface area contributed by atoms with Crippen molar-refractivity contribution >= 4 is 32.9 Å². The van der Waals surface area contributed by atoms with E-state index in [0.29, 0.717) is 31.7 Å². The zero-order chi connectivity index (χ0) is 19.8. The molecule has 0 amide bonds. The van der Waals surface area contributed by atoms with Crippen LogP contribution in [0.5, 0.6) is 0 Å². The first-order valence-electron chi connectivity index (χ1n) is 9.46. The molecule has 150 valence electrons. The van der Waals surface area contributed by atoms with E-state index < -0.39 is 0 Å². The van der Waals surface area contributed by atoms with Gasteiger partial charge in [-0.3, -0.25) is 14.3 Å². The Bertz CT molecular complexity index is 1190. The molecule has 0 unspecified atom stereocenters. The maximum atomic E-state index is 13.6. The summed E-state index contributed by atoms with van der Waals surface area (Å²) in [5.41, 5.74) is 1.66. The number of morpholine rings is 1. The molecule has 29 heavy (non-hydrogen) atoms. The van der Waals surface area contributed by atoms with Crippen LogP contribution in [-0.2, 0) is 17.8 Å². The van der Waals surface area contributed by atoms with Gasteiger partial charge in [-0.05, 0) is 18.4 Å². The van der Waals surface area contributed by atoms with Crippen LogP contribution in [0.4, 0.5) is 0 Å². The lowest BCUT2D eigenvalue weighted by Crippen LogP contribution is -2.38. The fraction of sp³-hybridized carbons (Fsp3) is 0.350. The van der Waals surface area contributed by atoms with Crippen molar-refractivity contribution in [1.82, 2.24) is 19.6 Å². The average molecular weight is 429 g/mol. The fourth-order valence-electron chi connectivity index (χ4n) is 3.58. The molecule has 4 aromatic rings. The largest absolute Gasteiger partial charge is 0.379 e. The van der Waals surface area contributed by atoms with Crippen LogP contribution in [0.25, 0.3) is 20.7 Å². The van der Waals surface area contributed by atoms with Crippen molar-refractivity contribution in [3.05, 3.63) is 56.6 Å². The molecule has 9 heteroatoms. The molecule has 0 atom stereocenters. The van der Waals surface area contributed by atoms with E-state index in [1.807, 2.05) is 35.9 Å². The van der Waals surface area contributed by atoms with Gasteiger partial charge in [-0.2, -0.15) is 0 Å². The highest BCUT2D eigenvalue weighted by atomic mass is 32.1. The Kier molecular flexibility index (Phi) is 5.04. The number of hydrogen-bond donors (Lipinski definition) is 0. The van der Waals surface area contributed by atoms with Crippen LogP contribution < -0.4 is 5.56 Å². The molecule has 1 fully saturated rings. The normalized spacial score (nSPS) is 15.3. The van der Waals surface area contributed by atoms with Crippen LogP contribution in [0.2, 0.25) is 0 Å². The van der Waals surface area contributed by atoms with Crippen LogP contribution >= 0.6 is 22.7 Å². The molecule has 1 aliphatic rings. The Balaban J connectivity index is 1.63. The highest BCUT2D eigenvalue weighted by Gasteiger charge is 2.21. The monoisotopic (exact) mass is 428 g/mol. The van der Waals surface area contributed by atoms with E-state index in [0.717, 1.165) is 45.6 Å². The van der Waals surface area contributed by atoms with Crippen LogP contribution in [0.1, 0.15) is 17.3 Å². The lowest BCUT2D eigenvalue weighted by molar-refractivity contribution is 0.0325. The smallest absolute Gasteiger partial charge is 0.263 e. The number of aromatic nitrogens is 3. The zero-order valence-electron chi connectivity index (χ0n) is 16.0. The molecular weight excluding hydrogens is 408 g/mol. The second-order valence-electron chi connectivity index (χ2n) is 7.04. The molecule has 7 nitrogen and oxygen atoms in total. The van der Waals surface area contributed by atoms with Gasteiger partial charge in [0.05, 0.1) is 31.7 Å². The van der Waals surface area contributed by atoms with E-state index in [2.05, 4.69) is 10.1 Å². The van der Waals surface area contributed by atoms with E-state index >= 15 is 0 Å². The van der Waals surface area contributed by atoms with Crippen LogP contribution in [0, 0.1) is 6.92 Å². The number of ether oxygens (including phenoxy) is 1. The Hall–Kier alpha value is -2.33. The number of fused-ring (bicyclic) bond motifs is 1. The molecule has 4 aromatic heterocycles. The Morgan fingerprint density at radius 1 is 1.21 bits per heavy atom. The first-order chi connectivity index (χ1) is 14.2. The molecule has 5 heterocycles. The molecule has 0 aromatic carbocycles. The predicted molar refractivity (Wildman–Crippen MR) is 114 cm³/mol. The van der Waals surface area contributed by atoms with E-state index in [4.69, 9.17) is 14.2 Å². The van der Waals surface area contributed by atoms with Crippen molar-refractivity contribution in [3.63, 3.8) is 0 Å². The number of thiophene rings is 2. The molecule has 0 saturated carbocycles. The second-order valence-corrected chi connectivity index (χ2v) is 8.85. The Morgan fingerprint density at radius 2 is 2.07 bits per heavy atom. The van der Waals surface area contributed by atoms with Gasteiger partial charge in [0.15, 0.2) is 0 Å². The van der Waals surface area contributed by atoms with Gasteiger partial charge in [-0.1, -0.05) is 11.2 Å². The molecule has 0 spiro atoms. The minimum atomic E-state index is -0.0245. The van der Waals surface area contributed by atoms with E-state index in [1.165, 1.54) is 11.3 Å². The summed E-state index contributed by atoms with van der Waals surface area (Å²) < 4.78 is 12.4. The fourth-order valence-corrected chi connectivity index (χ4v) is 5.35. The maximum absolute atomic E-state index is 13.6. The molecule has 1 saturated heterocycles. The second kappa shape index (κ2) is 7.83. The van der Waals surface area contributed by atoms with E-state index in [1.54, 1.807) is 15.9 Å². The molecule has 0 N–H and O–H groups in total. The first kappa shape index (κ1) is 18.7. The van der Waals surface area contributed by atoms with Crippen LogP contribution in [0.3, 0.4) is 0 Å². The van der Waals surface area contributed by atoms with Gasteiger partial charge in [0.1, 0.15) is 22.1 Å². The minimum Gasteiger partial charge on any atom is -0.379 e. The third kappa shape index (κ3) is 3.66. The molecule has 5 rings (SSSR count). The van der Waals surface area contributed by atoms with Gasteiger partial charge < -0.3 is 9.26 Å². The van der Waals surface area contributed by atoms with Crippen molar-refractivity contribution in [2.45, 2.75) is 20.0 Å². The standard InChI is InChI=1S/C20H20N4O3S2/c1-13-9-14(22-27-13)10-24-17(11-23-4-6-26-7-5-23)21-19-18(20(24)25)15(12-29-19)16-3-2-8-28-16/h2-3,8-9,12H,4-7,10-11H2,1H3. The summed E-state index contributed by atoms with van der Waals surface area (Å²) in [7, 11) is 0. The van der Waals surface area contributed by atoms with Gasteiger partial charge in [0.2, 0.25) is 0 Å². The molecule has 0 bridgehead atoms. The summed E-state index contributed by atoms with van der Waals surface area (Å²) in [4.78, 5) is 22.7. The Morgan fingerprint density at radius 3 is 2.79 bits per heavy atom. The van der Waals surface area contributed by atoms with Crippen molar-refractivity contribution in [1.29, 1.82) is 0 Å². The summed E-state index contributed by atoms with van der Waals surface area (Å²) in [6.45, 7) is 5.88. The summed E-state index contributed by atoms with van der Waals surface area (Å²) in [5, 5.41) is 8.83. The minimum absolute atomic E-state index is 0.0245. The highest BCUT2D eigenvalue weighted by Crippen LogP contribution is 2.34. The van der Waals surface area contributed by atoms with Gasteiger partial charge >= 0.3 is 0 Å². The maximum Gasteiger partial charge on any atom is 0.263 e. The summed E-state index contributed by atoms with van der Waals surface area (Å²) >= 11 is 3.16. The van der Waals surface area contributed by atoms with Gasteiger partial charge in [0, 0.05) is 35.0 Å². The lowest BCUT2D eigenvalue weighted by Gasteiger charge is -2.27. The average Bonchev–Trinajstić information content (AvgIpc) is 3.46. The van der Waals surface area contributed by atoms with Crippen molar-refractivity contribution in [2.24, 2.45) is 0 Å². The summed E-state index contributed by atoms with van der Waals surface area (Å²) in [6, 6.07) is 5.90. The van der Waals surface area contributed by atoms with Gasteiger partial charge in [-0.15, -0.1) is 22.7 Å². The predicted octanol–water partition coefficient (Wildman–Crippen LogP) is 3.36. The topological polar surface area (TPSA) is 73.4 Å². The van der Waals surface area contributed by atoms with Gasteiger partial charge in [0.25, 0.3) is 5.56 Å². The quantitative estimate of drug-likeness (QED) is 0.485. The van der Waals surface area contributed by atoms with Crippen molar-refractivity contribution in [2.75, 3.05) is 26.3 Å². The SMILES string of the molecule is Cc1cc(Cn2c(CN3CCOCC3)nc3scc(-c4cccs4)c3c2=O)no1. The van der Waals surface area contributed by atoms with Gasteiger partial charge in [-0.25, -0.2) is 4.98 Å². The van der Waals surface area contributed by atoms with E-state index in [9.17, 15) is 4.79 Å². The van der Waals surface area contributed by atoms with Crippen molar-refractivity contribution in [3.8, 4) is 10.4 Å². The van der Waals surface area contributed by atoms with E-state index in [-0.39, 0.29) is 5.56 Å². The number of hydrogen-bond acceptors (Lipinski definition) is 8. The summed E-state index contributed by atoms with van der Waals surface area (Å²) in [6.07, 6.45) is 0. The number of rotatable bonds is 5. The molecule has 0 radical (unpaired) electrons. The van der Waals surface area contributed by atoms with Crippen LogP contribution in [-0.4, -0.2) is 45.9 Å². The third-order valence-corrected chi connectivity index (χ3v) is 6.80.